The van der Waals surface area contributed by atoms with Gasteiger partial charge in [0.2, 0.25) is 5.91 Å². The van der Waals surface area contributed by atoms with Crippen LogP contribution in [0.1, 0.15) is 46.0 Å². The molecule has 0 aromatic heterocycles. The highest BCUT2D eigenvalue weighted by Gasteiger charge is 2.26. The second-order valence-electron chi connectivity index (χ2n) is 6.02. The minimum absolute atomic E-state index is 0.00768. The molecule has 0 spiro atoms. The van der Waals surface area contributed by atoms with Gasteiger partial charge in [0.25, 0.3) is 0 Å². The molecule has 1 aliphatic rings. The van der Waals surface area contributed by atoms with Gasteiger partial charge in [-0.05, 0) is 38.0 Å². The van der Waals surface area contributed by atoms with E-state index in [0.29, 0.717) is 12.3 Å². The van der Waals surface area contributed by atoms with E-state index in [4.69, 9.17) is 10.8 Å². The summed E-state index contributed by atoms with van der Waals surface area (Å²) in [5, 5.41) is 11.9. The van der Waals surface area contributed by atoms with Crippen molar-refractivity contribution in [3.8, 4) is 0 Å². The van der Waals surface area contributed by atoms with E-state index in [-0.39, 0.29) is 24.4 Å². The molecule has 0 aliphatic heterocycles. The van der Waals surface area contributed by atoms with E-state index in [0.717, 1.165) is 25.7 Å². The van der Waals surface area contributed by atoms with Crippen LogP contribution in [-0.4, -0.2) is 29.6 Å². The van der Waals surface area contributed by atoms with E-state index in [1.165, 1.54) is 0 Å². The minimum atomic E-state index is -0.834. The predicted molar refractivity (Wildman–Crippen MR) is 73.5 cm³/mol. The van der Waals surface area contributed by atoms with Crippen LogP contribution in [0.3, 0.4) is 0 Å². The lowest BCUT2D eigenvalue weighted by atomic mass is 9.86. The molecule has 5 heteroatoms. The largest absolute Gasteiger partial charge is 0.481 e. The lowest BCUT2D eigenvalue weighted by Gasteiger charge is -2.25. The molecule has 4 N–H and O–H groups in total. The number of carbonyl (C=O) groups excluding carboxylic acids is 1. The van der Waals surface area contributed by atoms with Crippen molar-refractivity contribution in [3.05, 3.63) is 0 Å². The molecule has 1 fully saturated rings. The Balaban J connectivity index is 2.37. The fourth-order valence-corrected chi connectivity index (χ4v) is 2.59. The molecule has 0 bridgehead atoms. The first-order chi connectivity index (χ1) is 8.90. The summed E-state index contributed by atoms with van der Waals surface area (Å²) in [6.07, 6.45) is 3.98. The summed E-state index contributed by atoms with van der Waals surface area (Å²) >= 11 is 0. The summed E-state index contributed by atoms with van der Waals surface area (Å²) in [6.45, 7) is 4.20. The van der Waals surface area contributed by atoms with Crippen molar-refractivity contribution in [2.75, 3.05) is 6.54 Å². The summed E-state index contributed by atoms with van der Waals surface area (Å²) in [7, 11) is 0. The Bertz CT molecular complexity index is 310. The number of rotatable bonds is 6. The summed E-state index contributed by atoms with van der Waals surface area (Å²) in [6, 6.07) is 0.219. The normalized spacial score (nSPS) is 25.1. The first-order valence-corrected chi connectivity index (χ1v) is 7.16. The highest BCUT2D eigenvalue weighted by molar-refractivity contribution is 5.79. The van der Waals surface area contributed by atoms with Gasteiger partial charge in [-0.1, -0.05) is 13.8 Å². The number of hydrogen-bond acceptors (Lipinski definition) is 3. The Kier molecular flexibility index (Phi) is 6.28. The molecule has 5 nitrogen and oxygen atoms in total. The minimum Gasteiger partial charge on any atom is -0.481 e. The SMILES string of the molecule is CC(C)CC(CNC(=O)C1CCC(N)CC1)C(=O)O. The standard InChI is InChI=1S/C14H26N2O3/c1-9(2)7-11(14(18)19)8-16-13(17)10-3-5-12(15)6-4-10/h9-12H,3-8,15H2,1-2H3,(H,16,17)(H,18,19). The van der Waals surface area contributed by atoms with Crippen molar-refractivity contribution in [1.82, 2.24) is 5.32 Å². The third kappa shape index (κ3) is 5.59. The molecule has 1 atom stereocenters. The third-order valence-corrected chi connectivity index (χ3v) is 3.77. The molecular weight excluding hydrogens is 244 g/mol. The molecule has 1 saturated carbocycles. The molecule has 1 aliphatic carbocycles. The van der Waals surface area contributed by atoms with Crippen molar-refractivity contribution < 1.29 is 14.7 Å². The second-order valence-corrected chi connectivity index (χ2v) is 6.02. The van der Waals surface area contributed by atoms with Crippen LogP contribution in [0.5, 0.6) is 0 Å². The third-order valence-electron chi connectivity index (χ3n) is 3.77. The van der Waals surface area contributed by atoms with Crippen LogP contribution in [0.4, 0.5) is 0 Å². The average Bonchev–Trinajstić information content (AvgIpc) is 2.34. The molecule has 1 amide bonds. The van der Waals surface area contributed by atoms with E-state index >= 15 is 0 Å². The highest BCUT2D eigenvalue weighted by Crippen LogP contribution is 2.23. The molecule has 0 saturated heterocycles. The van der Waals surface area contributed by atoms with Gasteiger partial charge in [0, 0.05) is 18.5 Å². The van der Waals surface area contributed by atoms with Crippen LogP contribution in [0.25, 0.3) is 0 Å². The van der Waals surface area contributed by atoms with Crippen LogP contribution in [0, 0.1) is 17.8 Å². The van der Waals surface area contributed by atoms with Gasteiger partial charge in [0.05, 0.1) is 5.92 Å². The fraction of sp³-hybridized carbons (Fsp3) is 0.857. The number of nitrogens with two attached hydrogens (primary N) is 1. The molecule has 0 radical (unpaired) electrons. The molecular formula is C14H26N2O3. The first-order valence-electron chi connectivity index (χ1n) is 7.16. The Morgan fingerprint density at radius 3 is 2.32 bits per heavy atom. The zero-order valence-electron chi connectivity index (χ0n) is 11.9. The summed E-state index contributed by atoms with van der Waals surface area (Å²) in [4.78, 5) is 23.1. The number of carboxylic acid groups (broad SMARTS) is 1. The number of nitrogens with one attached hydrogen (secondary N) is 1. The van der Waals surface area contributed by atoms with Crippen LogP contribution >= 0.6 is 0 Å². The van der Waals surface area contributed by atoms with Crippen molar-refractivity contribution in [2.24, 2.45) is 23.5 Å². The zero-order valence-corrected chi connectivity index (χ0v) is 11.9. The van der Waals surface area contributed by atoms with Gasteiger partial charge >= 0.3 is 5.97 Å². The lowest BCUT2D eigenvalue weighted by Crippen LogP contribution is -2.39. The van der Waals surface area contributed by atoms with Gasteiger partial charge in [-0.3, -0.25) is 9.59 Å². The molecule has 1 rings (SSSR count). The maximum absolute atomic E-state index is 12.0. The van der Waals surface area contributed by atoms with Gasteiger partial charge in [0.15, 0.2) is 0 Å². The Labute approximate surface area is 114 Å². The van der Waals surface area contributed by atoms with Gasteiger partial charge < -0.3 is 16.2 Å². The fourth-order valence-electron chi connectivity index (χ4n) is 2.59. The van der Waals surface area contributed by atoms with Crippen LogP contribution in [-0.2, 0) is 9.59 Å². The quantitative estimate of drug-likeness (QED) is 0.679. The number of amides is 1. The van der Waals surface area contributed by atoms with Gasteiger partial charge in [-0.25, -0.2) is 0 Å². The number of hydrogen-bond donors (Lipinski definition) is 3. The van der Waals surface area contributed by atoms with Crippen molar-refractivity contribution in [3.63, 3.8) is 0 Å². The zero-order chi connectivity index (χ0) is 14.4. The van der Waals surface area contributed by atoms with Gasteiger partial charge in [0.1, 0.15) is 0 Å². The first kappa shape index (κ1) is 16.0. The van der Waals surface area contributed by atoms with Crippen molar-refractivity contribution >= 4 is 11.9 Å². The van der Waals surface area contributed by atoms with Gasteiger partial charge in [-0.2, -0.15) is 0 Å². The Morgan fingerprint density at radius 1 is 1.26 bits per heavy atom. The molecule has 1 unspecified atom stereocenters. The summed E-state index contributed by atoms with van der Waals surface area (Å²) in [5.74, 6) is -1.02. The molecule has 19 heavy (non-hydrogen) atoms. The highest BCUT2D eigenvalue weighted by atomic mass is 16.4. The number of carboxylic acids is 1. The monoisotopic (exact) mass is 270 g/mol. The van der Waals surface area contributed by atoms with E-state index < -0.39 is 11.9 Å². The summed E-state index contributed by atoms with van der Waals surface area (Å²) < 4.78 is 0. The Morgan fingerprint density at radius 2 is 1.84 bits per heavy atom. The van der Waals surface area contributed by atoms with E-state index in [1.807, 2.05) is 13.8 Å². The number of carbonyl (C=O) groups is 2. The van der Waals surface area contributed by atoms with Crippen LogP contribution in [0.2, 0.25) is 0 Å². The lowest BCUT2D eigenvalue weighted by molar-refractivity contribution is -0.142. The van der Waals surface area contributed by atoms with Crippen molar-refractivity contribution in [2.45, 2.75) is 52.0 Å². The number of aliphatic carboxylic acids is 1. The summed E-state index contributed by atoms with van der Waals surface area (Å²) in [5.41, 5.74) is 5.80. The average molecular weight is 270 g/mol. The smallest absolute Gasteiger partial charge is 0.308 e. The topological polar surface area (TPSA) is 92.4 Å². The maximum Gasteiger partial charge on any atom is 0.308 e. The maximum atomic E-state index is 12.0. The predicted octanol–water partition coefficient (Wildman–Crippen LogP) is 1.37. The molecule has 0 aromatic rings. The molecule has 110 valence electrons. The molecule has 0 heterocycles. The van der Waals surface area contributed by atoms with Crippen molar-refractivity contribution in [1.29, 1.82) is 0 Å². The van der Waals surface area contributed by atoms with E-state index in [1.54, 1.807) is 0 Å². The van der Waals surface area contributed by atoms with Gasteiger partial charge in [-0.15, -0.1) is 0 Å². The second kappa shape index (κ2) is 7.48. The van der Waals surface area contributed by atoms with E-state index in [2.05, 4.69) is 5.32 Å². The molecule has 0 aromatic carbocycles. The van der Waals surface area contributed by atoms with E-state index in [9.17, 15) is 9.59 Å². The van der Waals surface area contributed by atoms with Crippen LogP contribution < -0.4 is 11.1 Å². The van der Waals surface area contributed by atoms with Crippen LogP contribution in [0.15, 0.2) is 0 Å². The Hall–Kier alpha value is -1.10.